The second-order valence-corrected chi connectivity index (χ2v) is 6.97. The van der Waals surface area contributed by atoms with Crippen LogP contribution in [-0.2, 0) is 16.1 Å². The molecule has 0 saturated heterocycles. The van der Waals surface area contributed by atoms with E-state index in [0.29, 0.717) is 12.5 Å². The van der Waals surface area contributed by atoms with Crippen LogP contribution in [0.2, 0.25) is 0 Å². The molecule has 0 fully saturated rings. The third kappa shape index (κ3) is 5.91. The maximum absolute atomic E-state index is 13.6. The molecule has 0 aliphatic carbocycles. The number of methoxy groups -OCH3 is 1. The van der Waals surface area contributed by atoms with Gasteiger partial charge >= 0.3 is 0 Å². The summed E-state index contributed by atoms with van der Waals surface area (Å²) in [6.45, 7) is 2.09. The van der Waals surface area contributed by atoms with E-state index in [9.17, 15) is 18.0 Å². The molecule has 2 N–H and O–H groups in total. The fraction of sp³-hybridized carbons (Fsp3) is 0.389. The van der Waals surface area contributed by atoms with E-state index in [4.69, 9.17) is 4.74 Å². The van der Waals surface area contributed by atoms with E-state index in [0.717, 1.165) is 22.8 Å². The van der Waals surface area contributed by atoms with Crippen LogP contribution in [0, 0.1) is 17.5 Å². The first kappa shape index (κ1) is 22.6. The molecule has 7 nitrogen and oxygen atoms in total. The summed E-state index contributed by atoms with van der Waals surface area (Å²) >= 11 is 1.49. The Labute approximate surface area is 170 Å². The summed E-state index contributed by atoms with van der Waals surface area (Å²) in [6, 6.07) is 1.69. The molecule has 0 saturated carbocycles. The Morgan fingerprint density at radius 2 is 2.07 bits per heavy atom. The Hall–Kier alpha value is -2.66. The third-order valence-corrected chi connectivity index (χ3v) is 5.01. The summed E-state index contributed by atoms with van der Waals surface area (Å²) in [4.78, 5) is 22.3. The van der Waals surface area contributed by atoms with Crippen molar-refractivity contribution >= 4 is 28.9 Å². The number of ether oxygens (including phenoxy) is 1. The lowest BCUT2D eigenvalue weighted by Crippen LogP contribution is -2.42. The highest BCUT2D eigenvalue weighted by Crippen LogP contribution is 2.21. The normalized spacial score (nSPS) is 12.6. The molecule has 0 spiro atoms. The summed E-state index contributed by atoms with van der Waals surface area (Å²) in [7, 11) is 4.92. The van der Waals surface area contributed by atoms with E-state index in [1.165, 1.54) is 11.3 Å². The van der Waals surface area contributed by atoms with Crippen molar-refractivity contribution in [2.75, 3.05) is 33.1 Å². The zero-order chi connectivity index (χ0) is 21.6. The monoisotopic (exact) mass is 429 g/mol. The average molecular weight is 429 g/mol. The van der Waals surface area contributed by atoms with E-state index in [-0.39, 0.29) is 12.6 Å². The maximum Gasteiger partial charge on any atom is 0.243 e. The van der Waals surface area contributed by atoms with Gasteiger partial charge in [-0.15, -0.1) is 11.3 Å². The summed E-state index contributed by atoms with van der Waals surface area (Å²) in [5.41, 5.74) is 0.369. The van der Waals surface area contributed by atoms with E-state index in [2.05, 4.69) is 20.6 Å². The second kappa shape index (κ2) is 10.2. The fourth-order valence-corrected chi connectivity index (χ4v) is 3.20. The lowest BCUT2D eigenvalue weighted by Gasteiger charge is -2.21. The molecule has 1 unspecified atom stereocenters. The van der Waals surface area contributed by atoms with E-state index in [1.807, 2.05) is 12.3 Å². The topological polar surface area (TPSA) is 78.9 Å². The molecule has 1 atom stereocenters. The minimum atomic E-state index is -1.64. The van der Waals surface area contributed by atoms with Gasteiger partial charge in [0.1, 0.15) is 11.1 Å². The van der Waals surface area contributed by atoms with Crippen LogP contribution < -0.4 is 10.6 Å². The van der Waals surface area contributed by atoms with Gasteiger partial charge in [0, 0.05) is 26.6 Å². The van der Waals surface area contributed by atoms with Crippen LogP contribution in [0.1, 0.15) is 23.7 Å². The highest BCUT2D eigenvalue weighted by Gasteiger charge is 2.16. The van der Waals surface area contributed by atoms with E-state index >= 15 is 0 Å². The SMILES string of the molecule is CN=C(NCC(=O)Nc1ccc(F)c(F)c1F)N(C)Cc1csc(C(C)OC)n1. The van der Waals surface area contributed by atoms with Crippen LogP contribution in [0.3, 0.4) is 0 Å². The van der Waals surface area contributed by atoms with Gasteiger partial charge in [-0.1, -0.05) is 0 Å². The van der Waals surface area contributed by atoms with Gasteiger partial charge in [-0.25, -0.2) is 18.2 Å². The number of hydrogen-bond donors (Lipinski definition) is 2. The number of carbonyl (C=O) groups is 1. The van der Waals surface area contributed by atoms with E-state index < -0.39 is 29.0 Å². The van der Waals surface area contributed by atoms with Crippen LogP contribution in [-0.4, -0.2) is 49.5 Å². The lowest BCUT2D eigenvalue weighted by molar-refractivity contribution is -0.115. The van der Waals surface area contributed by atoms with Crippen LogP contribution in [0.25, 0.3) is 0 Å². The Balaban J connectivity index is 1.91. The molecule has 2 aromatic rings. The van der Waals surface area contributed by atoms with Gasteiger partial charge in [-0.2, -0.15) is 0 Å². The number of hydrogen-bond acceptors (Lipinski definition) is 5. The standard InChI is InChI=1S/C18H22F3N5O2S/c1-10(28-4)17-24-11(9-29-17)8-26(3)18(22-2)23-7-14(27)25-13-6-5-12(19)15(20)16(13)21/h5-6,9-10H,7-8H2,1-4H3,(H,22,23)(H,25,27). The number of rotatable bonds is 7. The third-order valence-electron chi connectivity index (χ3n) is 3.96. The zero-order valence-electron chi connectivity index (χ0n) is 16.4. The first-order valence-corrected chi connectivity index (χ1v) is 9.47. The highest BCUT2D eigenvalue weighted by molar-refractivity contribution is 7.09. The van der Waals surface area contributed by atoms with Crippen molar-refractivity contribution in [1.29, 1.82) is 0 Å². The number of guanidine groups is 1. The van der Waals surface area contributed by atoms with Gasteiger partial charge in [0.15, 0.2) is 23.4 Å². The Morgan fingerprint density at radius 3 is 2.72 bits per heavy atom. The Bertz CT molecular complexity index is 890. The first-order chi connectivity index (χ1) is 13.8. The molecule has 0 aliphatic heterocycles. The maximum atomic E-state index is 13.6. The van der Waals surface area contributed by atoms with Gasteiger partial charge < -0.3 is 20.3 Å². The van der Waals surface area contributed by atoms with Crippen molar-refractivity contribution in [3.63, 3.8) is 0 Å². The van der Waals surface area contributed by atoms with Crippen molar-refractivity contribution in [3.05, 3.63) is 45.7 Å². The van der Waals surface area contributed by atoms with E-state index in [1.54, 1.807) is 26.1 Å². The minimum absolute atomic E-state index is 0.100. The summed E-state index contributed by atoms with van der Waals surface area (Å²) in [5, 5.41) is 7.77. The molecule has 0 aliphatic rings. The van der Waals surface area contributed by atoms with Gasteiger partial charge in [0.05, 0.1) is 24.5 Å². The predicted octanol–water partition coefficient (Wildman–Crippen LogP) is 2.91. The molecule has 1 aromatic carbocycles. The fourth-order valence-electron chi connectivity index (χ4n) is 2.36. The van der Waals surface area contributed by atoms with Crippen molar-refractivity contribution in [3.8, 4) is 0 Å². The number of carbonyl (C=O) groups excluding carboxylic acids is 1. The molecule has 2 rings (SSSR count). The summed E-state index contributed by atoms with van der Waals surface area (Å²) in [5.74, 6) is -4.67. The van der Waals surface area contributed by atoms with Crippen LogP contribution in [0.4, 0.5) is 18.9 Å². The van der Waals surface area contributed by atoms with Crippen molar-refractivity contribution < 1.29 is 22.7 Å². The average Bonchev–Trinajstić information content (AvgIpc) is 3.16. The molecule has 158 valence electrons. The Morgan fingerprint density at radius 1 is 1.34 bits per heavy atom. The number of benzene rings is 1. The number of halogens is 3. The molecule has 1 amide bonds. The number of amides is 1. The number of nitrogens with one attached hydrogen (secondary N) is 2. The Kier molecular flexibility index (Phi) is 7.97. The molecule has 1 aromatic heterocycles. The van der Waals surface area contributed by atoms with Crippen molar-refractivity contribution in [2.45, 2.75) is 19.6 Å². The van der Waals surface area contributed by atoms with Crippen LogP contribution >= 0.6 is 11.3 Å². The molecule has 1 heterocycles. The first-order valence-electron chi connectivity index (χ1n) is 8.59. The van der Waals surface area contributed by atoms with Gasteiger partial charge in [-0.3, -0.25) is 9.79 Å². The quantitative estimate of drug-likeness (QED) is 0.402. The number of nitrogens with zero attached hydrogens (tertiary/aromatic N) is 3. The summed E-state index contributed by atoms with van der Waals surface area (Å²) in [6.07, 6.45) is -0.100. The van der Waals surface area contributed by atoms with Gasteiger partial charge in [-0.05, 0) is 19.1 Å². The van der Waals surface area contributed by atoms with Crippen LogP contribution in [0.15, 0.2) is 22.5 Å². The molecular formula is C18H22F3N5O2S. The van der Waals surface area contributed by atoms with Gasteiger partial charge in [0.2, 0.25) is 5.91 Å². The van der Waals surface area contributed by atoms with Crippen LogP contribution in [0.5, 0.6) is 0 Å². The number of aromatic nitrogens is 1. The van der Waals surface area contributed by atoms with Crippen molar-refractivity contribution in [2.24, 2.45) is 4.99 Å². The molecule has 0 radical (unpaired) electrons. The highest BCUT2D eigenvalue weighted by atomic mass is 32.1. The number of thiazole rings is 1. The minimum Gasteiger partial charge on any atom is -0.375 e. The lowest BCUT2D eigenvalue weighted by atomic mass is 10.2. The number of aliphatic imine (C=N–C) groups is 1. The zero-order valence-corrected chi connectivity index (χ0v) is 17.2. The second-order valence-electron chi connectivity index (χ2n) is 6.08. The number of anilines is 1. The predicted molar refractivity (Wildman–Crippen MR) is 105 cm³/mol. The smallest absolute Gasteiger partial charge is 0.243 e. The summed E-state index contributed by atoms with van der Waals surface area (Å²) < 4.78 is 45.1. The largest absolute Gasteiger partial charge is 0.375 e. The van der Waals surface area contributed by atoms with Gasteiger partial charge in [0.25, 0.3) is 0 Å². The molecule has 29 heavy (non-hydrogen) atoms. The molecule has 11 heteroatoms. The van der Waals surface area contributed by atoms with Crippen molar-refractivity contribution in [1.82, 2.24) is 15.2 Å². The molecule has 0 bridgehead atoms. The molecular weight excluding hydrogens is 407 g/mol.